The molecule has 1 aliphatic heterocycles. The third-order valence-corrected chi connectivity index (χ3v) is 6.26. The zero-order valence-corrected chi connectivity index (χ0v) is 16.7. The highest BCUT2D eigenvalue weighted by atomic mass is 16.5. The van der Waals surface area contributed by atoms with Gasteiger partial charge >= 0.3 is 0 Å². The first-order chi connectivity index (χ1) is 13.5. The van der Waals surface area contributed by atoms with Gasteiger partial charge < -0.3 is 4.74 Å². The molecule has 28 heavy (non-hydrogen) atoms. The van der Waals surface area contributed by atoms with E-state index in [1.54, 1.807) is 7.11 Å². The molecule has 1 atom stereocenters. The molecule has 3 aromatic rings. The van der Waals surface area contributed by atoms with Gasteiger partial charge in [-0.15, -0.1) is 0 Å². The topological polar surface area (TPSA) is 21.6 Å². The molecule has 2 nitrogen and oxygen atoms in total. The third-order valence-electron chi connectivity index (χ3n) is 6.26. The van der Waals surface area contributed by atoms with Gasteiger partial charge in [0.05, 0.1) is 12.6 Å². The highest BCUT2D eigenvalue weighted by Crippen LogP contribution is 2.55. The minimum absolute atomic E-state index is 0.0187. The van der Waals surface area contributed by atoms with Crippen LogP contribution in [0.1, 0.15) is 37.0 Å². The largest absolute Gasteiger partial charge is 0.496 e. The van der Waals surface area contributed by atoms with Gasteiger partial charge in [0.2, 0.25) is 0 Å². The Balaban J connectivity index is 1.75. The van der Waals surface area contributed by atoms with E-state index in [0.717, 1.165) is 18.6 Å². The first-order valence-electron chi connectivity index (χ1n) is 9.96. The van der Waals surface area contributed by atoms with Crippen LogP contribution in [-0.2, 0) is 12.0 Å². The molecular formula is C26H25NO. The van der Waals surface area contributed by atoms with E-state index in [9.17, 15) is 0 Å². The lowest BCUT2D eigenvalue weighted by molar-refractivity contribution is 0.343. The predicted molar refractivity (Wildman–Crippen MR) is 115 cm³/mol. The lowest BCUT2D eigenvalue weighted by Crippen LogP contribution is -2.31. The molecule has 0 radical (unpaired) electrons. The highest BCUT2D eigenvalue weighted by molar-refractivity contribution is 6.06. The molecule has 2 heteroatoms. The van der Waals surface area contributed by atoms with E-state index in [1.807, 2.05) is 0 Å². The maximum absolute atomic E-state index is 5.72. The van der Waals surface area contributed by atoms with Gasteiger partial charge in [-0.1, -0.05) is 80.6 Å². The fraction of sp³-hybridized carbons (Fsp3) is 0.269. The number of rotatable bonds is 2. The van der Waals surface area contributed by atoms with Crippen LogP contribution >= 0.6 is 0 Å². The van der Waals surface area contributed by atoms with Crippen LogP contribution in [-0.4, -0.2) is 12.8 Å². The van der Waals surface area contributed by atoms with Gasteiger partial charge in [0, 0.05) is 23.1 Å². The van der Waals surface area contributed by atoms with Crippen molar-refractivity contribution in [3.05, 3.63) is 89.5 Å². The molecule has 3 aromatic carbocycles. The van der Waals surface area contributed by atoms with Crippen LogP contribution in [0, 0.1) is 5.41 Å². The molecule has 0 fully saturated rings. The number of hydrogen-bond acceptors (Lipinski definition) is 2. The van der Waals surface area contributed by atoms with Crippen molar-refractivity contribution >= 4 is 5.71 Å². The summed E-state index contributed by atoms with van der Waals surface area (Å²) in [6, 6.07) is 25.8. The monoisotopic (exact) mass is 367 g/mol. The molecule has 0 saturated carbocycles. The predicted octanol–water partition coefficient (Wildman–Crippen LogP) is 6.03. The first kappa shape index (κ1) is 17.2. The molecule has 0 saturated heterocycles. The van der Waals surface area contributed by atoms with Gasteiger partial charge in [-0.3, -0.25) is 4.99 Å². The van der Waals surface area contributed by atoms with Crippen LogP contribution in [0.4, 0.5) is 0 Å². The first-order valence-corrected chi connectivity index (χ1v) is 9.96. The van der Waals surface area contributed by atoms with Crippen LogP contribution in [0.5, 0.6) is 5.75 Å². The number of ether oxygens (including phenoxy) is 1. The summed E-state index contributed by atoms with van der Waals surface area (Å²) in [5, 5.41) is 0. The number of benzene rings is 3. The van der Waals surface area contributed by atoms with Crippen molar-refractivity contribution in [1.82, 2.24) is 0 Å². The Morgan fingerprint density at radius 2 is 1.61 bits per heavy atom. The standard InChI is InChI=1S/C26H25NO/c1-25(2)17-26(27-24(25)18-10-5-4-6-11-18)16-19-12-9-15-22(28-3)23(19)20-13-7-8-14-21(20)26/h4-15H,16-17H2,1-3H3. The van der Waals surface area contributed by atoms with E-state index in [0.29, 0.717) is 0 Å². The van der Waals surface area contributed by atoms with Crippen molar-refractivity contribution in [2.24, 2.45) is 10.4 Å². The van der Waals surface area contributed by atoms with Crippen LogP contribution in [0.3, 0.4) is 0 Å². The summed E-state index contributed by atoms with van der Waals surface area (Å²) < 4.78 is 5.72. The van der Waals surface area contributed by atoms with Crippen molar-refractivity contribution in [3.8, 4) is 16.9 Å². The minimum atomic E-state index is -0.218. The Morgan fingerprint density at radius 1 is 0.857 bits per heavy atom. The van der Waals surface area contributed by atoms with Crippen LogP contribution in [0.2, 0.25) is 0 Å². The molecule has 0 amide bonds. The molecule has 5 rings (SSSR count). The van der Waals surface area contributed by atoms with Crippen LogP contribution in [0.15, 0.2) is 77.8 Å². The van der Waals surface area contributed by atoms with E-state index in [4.69, 9.17) is 9.73 Å². The quantitative estimate of drug-likeness (QED) is 0.542. The summed E-state index contributed by atoms with van der Waals surface area (Å²) in [5.74, 6) is 0.948. The average molecular weight is 367 g/mol. The third kappa shape index (κ3) is 2.44. The van der Waals surface area contributed by atoms with E-state index in [-0.39, 0.29) is 11.0 Å². The molecule has 1 aliphatic carbocycles. The number of fused-ring (bicyclic) bond motifs is 4. The lowest BCUT2D eigenvalue weighted by Gasteiger charge is -2.37. The molecular weight excluding hydrogens is 342 g/mol. The molecule has 0 bridgehead atoms. The zero-order chi connectivity index (χ0) is 19.4. The van der Waals surface area contributed by atoms with E-state index < -0.39 is 0 Å². The second kappa shape index (κ2) is 6.07. The number of nitrogens with zero attached hydrogens (tertiary/aromatic N) is 1. The van der Waals surface area contributed by atoms with Crippen molar-refractivity contribution in [1.29, 1.82) is 0 Å². The Hall–Kier alpha value is -2.87. The zero-order valence-electron chi connectivity index (χ0n) is 16.7. The van der Waals surface area contributed by atoms with Crippen LogP contribution < -0.4 is 4.74 Å². The maximum Gasteiger partial charge on any atom is 0.126 e. The van der Waals surface area contributed by atoms with Gasteiger partial charge in [0.15, 0.2) is 0 Å². The van der Waals surface area contributed by atoms with E-state index in [2.05, 4.69) is 86.6 Å². The molecule has 1 unspecified atom stereocenters. The Morgan fingerprint density at radius 3 is 2.39 bits per heavy atom. The summed E-state index contributed by atoms with van der Waals surface area (Å²) in [7, 11) is 1.76. The molecule has 1 spiro atoms. The van der Waals surface area contributed by atoms with E-state index in [1.165, 1.54) is 33.5 Å². The fourth-order valence-corrected chi connectivity index (χ4v) is 5.25. The lowest BCUT2D eigenvalue weighted by atomic mass is 9.68. The van der Waals surface area contributed by atoms with Gasteiger partial charge in [-0.05, 0) is 34.7 Å². The molecule has 0 aromatic heterocycles. The summed E-state index contributed by atoms with van der Waals surface area (Å²) >= 11 is 0. The second-order valence-corrected chi connectivity index (χ2v) is 8.64. The summed E-state index contributed by atoms with van der Waals surface area (Å²) in [5.41, 5.74) is 7.39. The Kier molecular flexibility index (Phi) is 3.74. The summed E-state index contributed by atoms with van der Waals surface area (Å²) in [4.78, 5) is 5.47. The summed E-state index contributed by atoms with van der Waals surface area (Å²) in [6.45, 7) is 4.66. The average Bonchev–Trinajstić information content (AvgIpc) is 2.99. The van der Waals surface area contributed by atoms with Crippen molar-refractivity contribution < 1.29 is 4.74 Å². The maximum atomic E-state index is 5.72. The Labute approximate surface area is 166 Å². The van der Waals surface area contributed by atoms with Gasteiger partial charge in [0.1, 0.15) is 5.75 Å². The SMILES string of the molecule is COc1cccc2c1-c1ccccc1C1(C2)CC(C)(C)C(c2ccccc2)=N1. The second-order valence-electron chi connectivity index (χ2n) is 8.64. The number of hydrogen-bond donors (Lipinski definition) is 0. The van der Waals surface area contributed by atoms with Crippen LogP contribution in [0.25, 0.3) is 11.1 Å². The van der Waals surface area contributed by atoms with Crippen molar-refractivity contribution in [3.63, 3.8) is 0 Å². The minimum Gasteiger partial charge on any atom is -0.496 e. The van der Waals surface area contributed by atoms with Gasteiger partial charge in [0.25, 0.3) is 0 Å². The smallest absolute Gasteiger partial charge is 0.126 e. The Bertz CT molecular complexity index is 1080. The van der Waals surface area contributed by atoms with Gasteiger partial charge in [-0.2, -0.15) is 0 Å². The van der Waals surface area contributed by atoms with Crippen molar-refractivity contribution in [2.45, 2.75) is 32.2 Å². The number of methoxy groups -OCH3 is 1. The normalized spacial score (nSPS) is 21.8. The fourth-order valence-electron chi connectivity index (χ4n) is 5.25. The number of aliphatic imine (C=N–C) groups is 1. The molecule has 140 valence electrons. The van der Waals surface area contributed by atoms with E-state index >= 15 is 0 Å². The molecule has 2 aliphatic rings. The molecule has 1 heterocycles. The molecule has 0 N–H and O–H groups in total. The van der Waals surface area contributed by atoms with Crippen molar-refractivity contribution in [2.75, 3.05) is 7.11 Å². The van der Waals surface area contributed by atoms with Gasteiger partial charge in [-0.25, -0.2) is 0 Å². The highest BCUT2D eigenvalue weighted by Gasteiger charge is 2.49. The summed E-state index contributed by atoms with van der Waals surface area (Å²) in [6.07, 6.45) is 1.92.